The van der Waals surface area contributed by atoms with Crippen LogP contribution >= 0.6 is 11.5 Å². The monoisotopic (exact) mass is 362 g/mol. The minimum Gasteiger partial charge on any atom is -0.327 e. The predicted octanol–water partition coefficient (Wildman–Crippen LogP) is 2.29. The molecule has 0 bridgehead atoms. The molecule has 1 atom stereocenters. The minimum absolute atomic E-state index is 0.203. The fourth-order valence-corrected chi connectivity index (χ4v) is 3.43. The first kappa shape index (κ1) is 15.8. The maximum absolute atomic E-state index is 13.1. The molecule has 0 saturated carbocycles. The first-order valence-electron chi connectivity index (χ1n) is 7.54. The fourth-order valence-electron chi connectivity index (χ4n) is 2.88. The average molecular weight is 362 g/mol. The Morgan fingerprint density at radius 1 is 1.20 bits per heavy atom. The molecule has 1 aromatic carbocycles. The lowest BCUT2D eigenvalue weighted by Gasteiger charge is -2.33. The van der Waals surface area contributed by atoms with E-state index in [0.29, 0.717) is 35.3 Å². The number of aromatic nitrogens is 5. The van der Waals surface area contributed by atoms with E-state index in [1.807, 2.05) is 11.5 Å². The van der Waals surface area contributed by atoms with E-state index in [1.54, 1.807) is 4.90 Å². The van der Waals surface area contributed by atoms with Crippen molar-refractivity contribution in [1.29, 1.82) is 0 Å². The Bertz CT molecular complexity index is 938. The van der Waals surface area contributed by atoms with Crippen molar-refractivity contribution in [3.8, 4) is 10.8 Å². The molecule has 0 aliphatic carbocycles. The number of nitrogens with zero attached hydrogens (tertiary/aromatic N) is 6. The molecular weight excluding hydrogens is 350 g/mol. The van der Waals surface area contributed by atoms with Crippen LogP contribution in [0, 0.1) is 11.9 Å². The minimum atomic E-state index is -0.797. The smallest absolute Gasteiger partial charge is 0.320 e. The standard InChI is InChI=1S/C15H12F2N6OS/c1-8-11-19-20-12(13-18-15(17)21-25-13)23(11)7-6-22(8)14(24)9-2-4-10(16)5-3-9/h2-5,8H,6-7H2,1H3/t8-/m1/s1. The van der Waals surface area contributed by atoms with Crippen LogP contribution < -0.4 is 0 Å². The van der Waals surface area contributed by atoms with Crippen LogP contribution in [-0.2, 0) is 6.54 Å². The van der Waals surface area contributed by atoms with Crippen molar-refractivity contribution >= 4 is 17.4 Å². The van der Waals surface area contributed by atoms with Crippen molar-refractivity contribution in [2.75, 3.05) is 6.54 Å². The summed E-state index contributed by atoms with van der Waals surface area (Å²) in [6.45, 7) is 2.72. The van der Waals surface area contributed by atoms with E-state index in [1.165, 1.54) is 24.3 Å². The summed E-state index contributed by atoms with van der Waals surface area (Å²) in [6, 6.07) is 5.10. The third kappa shape index (κ3) is 2.68. The normalized spacial score (nSPS) is 16.8. The second-order valence-electron chi connectivity index (χ2n) is 5.58. The highest BCUT2D eigenvalue weighted by Gasteiger charge is 2.32. The van der Waals surface area contributed by atoms with Gasteiger partial charge >= 0.3 is 6.08 Å². The van der Waals surface area contributed by atoms with Crippen LogP contribution in [0.4, 0.5) is 8.78 Å². The summed E-state index contributed by atoms with van der Waals surface area (Å²) in [5.74, 6) is 0.437. The van der Waals surface area contributed by atoms with Crippen molar-refractivity contribution < 1.29 is 13.6 Å². The average Bonchev–Trinajstić information content (AvgIpc) is 3.21. The van der Waals surface area contributed by atoms with E-state index < -0.39 is 11.9 Å². The summed E-state index contributed by atoms with van der Waals surface area (Å²) in [4.78, 5) is 18.0. The second-order valence-corrected chi connectivity index (χ2v) is 6.34. The first-order valence-corrected chi connectivity index (χ1v) is 8.31. The Kier molecular flexibility index (Phi) is 3.75. The van der Waals surface area contributed by atoms with Crippen molar-refractivity contribution in [3.63, 3.8) is 0 Å². The van der Waals surface area contributed by atoms with Gasteiger partial charge in [0.05, 0.1) is 6.04 Å². The zero-order valence-electron chi connectivity index (χ0n) is 13.1. The van der Waals surface area contributed by atoms with Crippen LogP contribution in [0.5, 0.6) is 0 Å². The molecular formula is C15H12F2N6OS. The number of rotatable bonds is 2. The molecule has 0 N–H and O–H groups in total. The third-order valence-corrected chi connectivity index (χ3v) is 4.82. The highest BCUT2D eigenvalue weighted by Crippen LogP contribution is 2.29. The predicted molar refractivity (Wildman–Crippen MR) is 84.7 cm³/mol. The molecule has 128 valence electrons. The van der Waals surface area contributed by atoms with Gasteiger partial charge in [-0.1, -0.05) is 0 Å². The summed E-state index contributed by atoms with van der Waals surface area (Å²) in [5, 5.41) is 8.56. The van der Waals surface area contributed by atoms with Crippen molar-refractivity contribution in [2.45, 2.75) is 19.5 Å². The molecule has 25 heavy (non-hydrogen) atoms. The quantitative estimate of drug-likeness (QED) is 0.699. The van der Waals surface area contributed by atoms with Crippen LogP contribution in [-0.4, -0.2) is 41.5 Å². The first-order chi connectivity index (χ1) is 12.0. The molecule has 2 aromatic heterocycles. The molecule has 3 heterocycles. The molecule has 1 aliphatic heterocycles. The van der Waals surface area contributed by atoms with Gasteiger partial charge in [-0.05, 0) is 42.7 Å². The van der Waals surface area contributed by atoms with Gasteiger partial charge < -0.3 is 9.47 Å². The van der Waals surface area contributed by atoms with Gasteiger partial charge in [0.1, 0.15) is 5.82 Å². The molecule has 1 aliphatic rings. The van der Waals surface area contributed by atoms with E-state index >= 15 is 0 Å². The third-order valence-electron chi connectivity index (χ3n) is 4.13. The Morgan fingerprint density at radius 2 is 1.96 bits per heavy atom. The molecule has 0 saturated heterocycles. The summed E-state index contributed by atoms with van der Waals surface area (Å²) < 4.78 is 31.4. The van der Waals surface area contributed by atoms with Gasteiger partial charge in [-0.2, -0.15) is 9.37 Å². The Hall–Kier alpha value is -2.75. The lowest BCUT2D eigenvalue weighted by Crippen LogP contribution is -2.41. The van der Waals surface area contributed by atoms with Crippen molar-refractivity contribution in [2.24, 2.45) is 0 Å². The molecule has 3 aromatic rings. The van der Waals surface area contributed by atoms with Gasteiger partial charge in [-0.25, -0.2) is 4.39 Å². The molecule has 0 fully saturated rings. The van der Waals surface area contributed by atoms with Crippen molar-refractivity contribution in [3.05, 3.63) is 47.5 Å². The van der Waals surface area contributed by atoms with E-state index in [4.69, 9.17) is 0 Å². The SMILES string of the molecule is C[C@@H]1c2nnc(-c3nc(F)ns3)n2CCN1C(=O)c1ccc(F)cc1. The topological polar surface area (TPSA) is 76.8 Å². The van der Waals surface area contributed by atoms with Crippen LogP contribution in [0.3, 0.4) is 0 Å². The number of hydrogen-bond donors (Lipinski definition) is 0. The summed E-state index contributed by atoms with van der Waals surface area (Å²) in [7, 11) is 0. The number of hydrogen-bond acceptors (Lipinski definition) is 6. The molecule has 7 nitrogen and oxygen atoms in total. The number of amides is 1. The molecule has 0 spiro atoms. The summed E-state index contributed by atoms with van der Waals surface area (Å²) in [5.41, 5.74) is 0.410. The lowest BCUT2D eigenvalue weighted by molar-refractivity contribution is 0.0638. The van der Waals surface area contributed by atoms with Gasteiger partial charge in [0.15, 0.2) is 16.7 Å². The maximum Gasteiger partial charge on any atom is 0.320 e. The second kappa shape index (κ2) is 5.96. The molecule has 0 unspecified atom stereocenters. The van der Waals surface area contributed by atoms with Gasteiger partial charge in [-0.3, -0.25) is 4.79 Å². The van der Waals surface area contributed by atoms with E-state index in [9.17, 15) is 13.6 Å². The van der Waals surface area contributed by atoms with Gasteiger partial charge in [-0.15, -0.1) is 14.6 Å². The number of halogens is 2. The largest absolute Gasteiger partial charge is 0.327 e. The fraction of sp³-hybridized carbons (Fsp3) is 0.267. The number of benzene rings is 1. The van der Waals surface area contributed by atoms with Gasteiger partial charge in [0.2, 0.25) is 0 Å². The lowest BCUT2D eigenvalue weighted by atomic mass is 10.1. The van der Waals surface area contributed by atoms with Crippen LogP contribution in [0.25, 0.3) is 10.8 Å². The van der Waals surface area contributed by atoms with E-state index in [2.05, 4.69) is 19.6 Å². The van der Waals surface area contributed by atoms with Gasteiger partial charge in [0.25, 0.3) is 5.91 Å². The zero-order chi connectivity index (χ0) is 17.6. The van der Waals surface area contributed by atoms with Gasteiger partial charge in [0, 0.05) is 18.7 Å². The van der Waals surface area contributed by atoms with Crippen LogP contribution in [0.2, 0.25) is 0 Å². The number of fused-ring (bicyclic) bond motifs is 1. The molecule has 0 radical (unpaired) electrons. The number of carbonyl (C=O) groups is 1. The van der Waals surface area contributed by atoms with Crippen molar-refractivity contribution in [1.82, 2.24) is 29.0 Å². The maximum atomic E-state index is 13.1. The highest BCUT2D eigenvalue weighted by atomic mass is 32.1. The Balaban J connectivity index is 1.63. The highest BCUT2D eigenvalue weighted by molar-refractivity contribution is 7.08. The summed E-state index contributed by atoms with van der Waals surface area (Å²) >= 11 is 0.911. The Labute approximate surface area is 145 Å². The van der Waals surface area contributed by atoms with Crippen LogP contribution in [0.15, 0.2) is 24.3 Å². The zero-order valence-corrected chi connectivity index (χ0v) is 13.9. The molecule has 10 heteroatoms. The number of carbonyl (C=O) groups excluding carboxylic acids is 1. The van der Waals surface area contributed by atoms with E-state index in [-0.39, 0.29) is 11.9 Å². The van der Waals surface area contributed by atoms with Crippen LogP contribution in [0.1, 0.15) is 29.1 Å². The molecule has 1 amide bonds. The summed E-state index contributed by atoms with van der Waals surface area (Å²) in [6.07, 6.45) is -0.797. The van der Waals surface area contributed by atoms with E-state index in [0.717, 1.165) is 11.5 Å². The Morgan fingerprint density at radius 3 is 2.64 bits per heavy atom. The molecule has 4 rings (SSSR count).